The summed E-state index contributed by atoms with van der Waals surface area (Å²) in [4.78, 5) is 16.3. The number of carbonyl (C=O) groups excluding carboxylic acids is 1. The van der Waals surface area contributed by atoms with Crippen molar-refractivity contribution in [2.24, 2.45) is 17.6 Å². The van der Waals surface area contributed by atoms with Crippen LogP contribution in [0.3, 0.4) is 0 Å². The van der Waals surface area contributed by atoms with Gasteiger partial charge in [-0.2, -0.15) is 0 Å². The Morgan fingerprint density at radius 1 is 1.20 bits per heavy atom. The van der Waals surface area contributed by atoms with Crippen LogP contribution in [0.1, 0.15) is 30.4 Å². The molecule has 0 radical (unpaired) electrons. The van der Waals surface area contributed by atoms with Crippen molar-refractivity contribution < 1.29 is 4.79 Å². The van der Waals surface area contributed by atoms with Crippen molar-refractivity contribution in [2.45, 2.75) is 32.4 Å². The van der Waals surface area contributed by atoms with E-state index in [2.05, 4.69) is 34.6 Å². The monoisotopic (exact) mass is 384 g/mol. The lowest BCUT2D eigenvalue weighted by atomic mass is 9.95. The number of rotatable bonds is 6. The van der Waals surface area contributed by atoms with Crippen molar-refractivity contribution in [3.8, 4) is 0 Å². The Morgan fingerprint density at radius 2 is 1.92 bits per heavy atom. The number of benzene rings is 1. The van der Waals surface area contributed by atoms with E-state index >= 15 is 0 Å². The van der Waals surface area contributed by atoms with Crippen LogP contribution in [0.2, 0.25) is 0 Å². The van der Waals surface area contributed by atoms with E-state index in [1.807, 2.05) is 17.1 Å². The van der Waals surface area contributed by atoms with Crippen molar-refractivity contribution in [1.29, 1.82) is 0 Å². The number of hydrogen-bond donors (Lipinski definition) is 2. The molecule has 25 heavy (non-hydrogen) atoms. The van der Waals surface area contributed by atoms with E-state index in [9.17, 15) is 4.79 Å². The normalized spacial score (nSPS) is 18.9. The summed E-state index contributed by atoms with van der Waals surface area (Å²) >= 11 is 0. The predicted molar refractivity (Wildman–Crippen MR) is 104 cm³/mol. The van der Waals surface area contributed by atoms with Crippen LogP contribution in [0, 0.1) is 11.8 Å². The Bertz CT molecular complexity index is 631. The highest BCUT2D eigenvalue weighted by atomic mass is 35.5. The summed E-state index contributed by atoms with van der Waals surface area (Å²) in [6.45, 7) is 2.01. The molecular formula is C18H26Cl2N4O. The van der Waals surface area contributed by atoms with Gasteiger partial charge in [-0.15, -0.1) is 24.8 Å². The highest BCUT2D eigenvalue weighted by Crippen LogP contribution is 2.30. The fraction of sp³-hybridized carbons (Fsp3) is 0.444. The fourth-order valence-corrected chi connectivity index (χ4v) is 3.34. The van der Waals surface area contributed by atoms with E-state index in [4.69, 9.17) is 5.73 Å². The minimum Gasteiger partial charge on any atom is -0.352 e. The van der Waals surface area contributed by atoms with E-state index in [-0.39, 0.29) is 36.6 Å². The van der Waals surface area contributed by atoms with Crippen molar-refractivity contribution in [1.82, 2.24) is 14.9 Å². The summed E-state index contributed by atoms with van der Waals surface area (Å²) in [7, 11) is 0. The van der Waals surface area contributed by atoms with E-state index in [0.717, 1.165) is 31.4 Å². The first-order valence-corrected chi connectivity index (χ1v) is 8.27. The maximum Gasteiger partial charge on any atom is 0.223 e. The zero-order valence-electron chi connectivity index (χ0n) is 14.1. The fourth-order valence-electron chi connectivity index (χ4n) is 3.34. The van der Waals surface area contributed by atoms with Crippen LogP contribution in [0.5, 0.6) is 0 Å². The number of nitrogens with one attached hydrogen (secondary N) is 1. The first kappa shape index (κ1) is 21.5. The maximum atomic E-state index is 12.3. The first-order valence-electron chi connectivity index (χ1n) is 8.27. The summed E-state index contributed by atoms with van der Waals surface area (Å²) in [5, 5.41) is 3.06. The highest BCUT2D eigenvalue weighted by molar-refractivity contribution is 5.85. The Hall–Kier alpha value is -1.56. The van der Waals surface area contributed by atoms with Gasteiger partial charge in [0.05, 0.1) is 6.33 Å². The van der Waals surface area contributed by atoms with Crippen LogP contribution in [-0.4, -0.2) is 22.0 Å². The minimum atomic E-state index is 0. The number of aromatic nitrogens is 2. The third-order valence-corrected chi connectivity index (χ3v) is 4.71. The predicted octanol–water partition coefficient (Wildman–Crippen LogP) is 2.77. The second-order valence-corrected chi connectivity index (χ2v) is 6.30. The van der Waals surface area contributed by atoms with E-state index < -0.39 is 0 Å². The largest absolute Gasteiger partial charge is 0.352 e. The molecule has 1 aromatic carbocycles. The third kappa shape index (κ3) is 5.73. The third-order valence-electron chi connectivity index (χ3n) is 4.71. The van der Waals surface area contributed by atoms with Gasteiger partial charge in [0, 0.05) is 31.4 Å². The molecule has 2 aromatic rings. The van der Waals surface area contributed by atoms with Crippen LogP contribution < -0.4 is 11.1 Å². The molecule has 5 nitrogen and oxygen atoms in total. The van der Waals surface area contributed by atoms with Gasteiger partial charge in [0.1, 0.15) is 0 Å². The van der Waals surface area contributed by atoms with E-state index in [0.29, 0.717) is 19.0 Å². The molecule has 1 aromatic heterocycles. The zero-order valence-corrected chi connectivity index (χ0v) is 15.8. The number of halogens is 2. The van der Waals surface area contributed by atoms with E-state index in [1.54, 1.807) is 6.20 Å². The molecule has 0 spiro atoms. The molecule has 0 unspecified atom stereocenters. The van der Waals surface area contributed by atoms with Gasteiger partial charge in [0.25, 0.3) is 0 Å². The van der Waals surface area contributed by atoms with Gasteiger partial charge in [-0.1, -0.05) is 30.7 Å². The van der Waals surface area contributed by atoms with Crippen LogP contribution in [-0.2, 0) is 17.9 Å². The van der Waals surface area contributed by atoms with Crippen molar-refractivity contribution in [2.75, 3.05) is 6.54 Å². The van der Waals surface area contributed by atoms with E-state index in [1.165, 1.54) is 5.56 Å². The molecule has 0 saturated heterocycles. The number of nitrogens with zero attached hydrogens (tertiary/aromatic N) is 2. The summed E-state index contributed by atoms with van der Waals surface area (Å²) in [6, 6.07) is 8.34. The molecule has 1 fully saturated rings. The summed E-state index contributed by atoms with van der Waals surface area (Å²) in [5.74, 6) is 0.605. The average Bonchev–Trinajstić information content (AvgIpc) is 3.25. The smallest absolute Gasteiger partial charge is 0.223 e. The van der Waals surface area contributed by atoms with Crippen LogP contribution in [0.4, 0.5) is 0 Å². The van der Waals surface area contributed by atoms with Crippen molar-refractivity contribution in [3.63, 3.8) is 0 Å². The number of carbonyl (C=O) groups is 1. The molecule has 3 N–H and O–H groups in total. The molecule has 0 bridgehead atoms. The quantitative estimate of drug-likeness (QED) is 0.803. The SMILES string of the molecule is Cl.Cl.NC[C@H]1CCC[C@H]1C(=O)NCc1ccc(Cn2ccnc2)cc1. The van der Waals surface area contributed by atoms with Crippen molar-refractivity contribution >= 4 is 30.7 Å². The Balaban J connectivity index is 0.00000156. The molecule has 1 saturated carbocycles. The van der Waals surface area contributed by atoms with Crippen molar-refractivity contribution in [3.05, 3.63) is 54.1 Å². The molecule has 3 rings (SSSR count). The Labute approximate surface area is 161 Å². The van der Waals surface area contributed by atoms with Gasteiger partial charge in [-0.05, 0) is 36.4 Å². The average molecular weight is 385 g/mol. The lowest BCUT2D eigenvalue weighted by Crippen LogP contribution is -2.34. The molecule has 1 aliphatic carbocycles. The molecule has 0 aliphatic heterocycles. The lowest BCUT2D eigenvalue weighted by molar-refractivity contribution is -0.126. The number of hydrogen-bond acceptors (Lipinski definition) is 3. The molecule has 1 amide bonds. The first-order chi connectivity index (χ1) is 11.3. The minimum absolute atomic E-state index is 0. The zero-order chi connectivity index (χ0) is 16.1. The standard InChI is InChI=1S/C18H24N4O.2ClH/c19-10-16-2-1-3-17(16)18(23)21-11-14-4-6-15(7-5-14)12-22-9-8-20-13-22;;/h4-9,13,16-17H,1-3,10-12,19H2,(H,21,23);2*1H/t16-,17-;;/m1../s1. The van der Waals surface area contributed by atoms with Gasteiger partial charge >= 0.3 is 0 Å². The van der Waals surface area contributed by atoms with Gasteiger partial charge in [-0.25, -0.2) is 4.98 Å². The summed E-state index contributed by atoms with van der Waals surface area (Å²) < 4.78 is 2.03. The van der Waals surface area contributed by atoms with Crippen LogP contribution >= 0.6 is 24.8 Å². The molecule has 1 heterocycles. The summed E-state index contributed by atoms with van der Waals surface area (Å²) in [6.07, 6.45) is 8.70. The van der Waals surface area contributed by atoms with Crippen LogP contribution in [0.15, 0.2) is 43.0 Å². The Kier molecular flexibility index (Phi) is 8.97. The van der Waals surface area contributed by atoms with Crippen LogP contribution in [0.25, 0.3) is 0 Å². The Morgan fingerprint density at radius 3 is 2.56 bits per heavy atom. The highest BCUT2D eigenvalue weighted by Gasteiger charge is 2.31. The van der Waals surface area contributed by atoms with Gasteiger partial charge in [0.2, 0.25) is 5.91 Å². The second-order valence-electron chi connectivity index (χ2n) is 6.30. The molecule has 7 heteroatoms. The molecule has 2 atom stereocenters. The van der Waals surface area contributed by atoms with Gasteiger partial charge in [0.15, 0.2) is 0 Å². The summed E-state index contributed by atoms with van der Waals surface area (Å²) in [5.41, 5.74) is 8.09. The second kappa shape index (κ2) is 10.4. The molecular weight excluding hydrogens is 359 g/mol. The lowest BCUT2D eigenvalue weighted by Gasteiger charge is -2.17. The topological polar surface area (TPSA) is 72.9 Å². The number of imidazole rings is 1. The number of nitrogens with two attached hydrogens (primary N) is 1. The molecule has 1 aliphatic rings. The number of amides is 1. The van der Waals surface area contributed by atoms with Gasteiger partial charge in [-0.3, -0.25) is 4.79 Å². The molecule has 138 valence electrons. The van der Waals surface area contributed by atoms with Gasteiger partial charge < -0.3 is 15.6 Å². The maximum absolute atomic E-state index is 12.3.